The van der Waals surface area contributed by atoms with E-state index in [0.29, 0.717) is 39.2 Å². The molecule has 3 heterocycles. The molecule has 1 unspecified atom stereocenters. The minimum Gasteiger partial charge on any atom is -0.489 e. The van der Waals surface area contributed by atoms with Crippen molar-refractivity contribution in [3.05, 3.63) is 143 Å². The third-order valence-electron chi connectivity index (χ3n) is 8.48. The van der Waals surface area contributed by atoms with Crippen molar-refractivity contribution < 1.29 is 13.5 Å². The molecule has 7 aromatic rings. The first-order valence-corrected chi connectivity index (χ1v) is 16.2. The van der Waals surface area contributed by atoms with Crippen LogP contribution < -0.4 is 16.1 Å². The van der Waals surface area contributed by atoms with Gasteiger partial charge in [-0.05, 0) is 62.0 Å². The molecular formula is C40H35FN6O3. The molecule has 0 saturated carbocycles. The number of benzene rings is 4. The molecule has 0 aliphatic carbocycles. The van der Waals surface area contributed by atoms with Crippen LogP contribution in [-0.4, -0.2) is 45.3 Å². The maximum absolute atomic E-state index is 15.1. The molecule has 3 aromatic heterocycles. The van der Waals surface area contributed by atoms with Crippen LogP contribution in [0.4, 0.5) is 10.2 Å². The summed E-state index contributed by atoms with van der Waals surface area (Å²) >= 11 is 0. The maximum atomic E-state index is 15.1. The Hall–Kier alpha value is -6.13. The van der Waals surface area contributed by atoms with Crippen LogP contribution in [-0.2, 0) is 6.61 Å². The zero-order valence-electron chi connectivity index (χ0n) is 27.9. The second-order valence-corrected chi connectivity index (χ2v) is 12.3. The van der Waals surface area contributed by atoms with E-state index in [2.05, 4.69) is 33.1 Å². The second-order valence-electron chi connectivity index (χ2n) is 12.3. The molecular weight excluding hydrogens is 631 g/mol. The summed E-state index contributed by atoms with van der Waals surface area (Å²) in [7, 11) is 4.03. The van der Waals surface area contributed by atoms with Gasteiger partial charge >= 0.3 is 5.63 Å². The number of nitrogens with two attached hydrogens (primary N) is 1. The summed E-state index contributed by atoms with van der Waals surface area (Å²) in [6.45, 7) is 2.94. The van der Waals surface area contributed by atoms with Crippen molar-refractivity contribution in [3.63, 3.8) is 0 Å². The Morgan fingerprint density at radius 2 is 1.72 bits per heavy atom. The first kappa shape index (κ1) is 32.4. The lowest BCUT2D eigenvalue weighted by atomic mass is 9.94. The topological polar surface area (TPSA) is 112 Å². The number of likely N-dealkylation sites (N-methyl/N-ethyl adjacent to an activating group) is 1. The van der Waals surface area contributed by atoms with E-state index in [1.54, 1.807) is 16.8 Å². The zero-order chi connectivity index (χ0) is 34.8. The Morgan fingerprint density at radius 3 is 2.52 bits per heavy atom. The van der Waals surface area contributed by atoms with Crippen LogP contribution in [0.3, 0.4) is 0 Å². The second kappa shape index (κ2) is 13.8. The quantitative estimate of drug-likeness (QED) is 0.158. The number of nitrogen functional groups attached to an aromatic ring is 1. The van der Waals surface area contributed by atoms with Gasteiger partial charge in [0.05, 0.1) is 10.8 Å². The molecule has 7 rings (SSSR count). The Morgan fingerprint density at radius 1 is 0.940 bits per heavy atom. The normalized spacial score (nSPS) is 12.3. The Kier molecular flexibility index (Phi) is 8.93. The molecule has 0 amide bonds. The smallest absolute Gasteiger partial charge is 0.343 e. The fraction of sp³-hybridized carbons (Fsp3) is 0.150. The van der Waals surface area contributed by atoms with E-state index in [0.717, 1.165) is 34.2 Å². The van der Waals surface area contributed by atoms with Gasteiger partial charge in [0.25, 0.3) is 0 Å². The minimum absolute atomic E-state index is 0.178. The number of hydrogen-bond acceptors (Lipinski definition) is 8. The van der Waals surface area contributed by atoms with E-state index in [4.69, 9.17) is 20.0 Å². The molecule has 250 valence electrons. The van der Waals surface area contributed by atoms with Crippen molar-refractivity contribution >= 4 is 33.7 Å². The van der Waals surface area contributed by atoms with Crippen molar-refractivity contribution in [1.82, 2.24) is 24.6 Å². The van der Waals surface area contributed by atoms with Gasteiger partial charge in [0.2, 0.25) is 0 Å². The average Bonchev–Trinajstić information content (AvgIpc) is 3.52. The molecule has 50 heavy (non-hydrogen) atoms. The highest BCUT2D eigenvalue weighted by atomic mass is 19.1. The van der Waals surface area contributed by atoms with Gasteiger partial charge in [-0.1, -0.05) is 78.9 Å². The van der Waals surface area contributed by atoms with E-state index in [9.17, 15) is 4.79 Å². The molecule has 0 bridgehead atoms. The lowest BCUT2D eigenvalue weighted by molar-refractivity contribution is 0.305. The zero-order valence-corrected chi connectivity index (χ0v) is 27.9. The van der Waals surface area contributed by atoms with Gasteiger partial charge in [0, 0.05) is 29.1 Å². The number of rotatable bonds is 10. The van der Waals surface area contributed by atoms with E-state index < -0.39 is 17.5 Å². The molecule has 2 N–H and O–H groups in total. The van der Waals surface area contributed by atoms with Crippen LogP contribution in [0, 0.1) is 5.82 Å². The number of fused-ring (bicyclic) bond motifs is 2. The minimum atomic E-state index is -0.650. The number of aromatic nitrogens is 4. The van der Waals surface area contributed by atoms with E-state index in [1.165, 1.54) is 18.5 Å². The highest BCUT2D eigenvalue weighted by Crippen LogP contribution is 2.39. The summed E-state index contributed by atoms with van der Waals surface area (Å²) in [4.78, 5) is 24.3. The SMILES string of the molecule is CC(c1oc(=O)c2ccccc2c1-c1cccc(C=CCN(C)C)c1)n1nc(-c2cc(F)cc(OCc3ccccc3)c2)c2c(N)ncnc21. The summed E-state index contributed by atoms with van der Waals surface area (Å²) in [5.74, 6) is 0.399. The summed E-state index contributed by atoms with van der Waals surface area (Å²) in [5.41, 5.74) is 10.7. The van der Waals surface area contributed by atoms with E-state index >= 15 is 4.39 Å². The van der Waals surface area contributed by atoms with Crippen molar-refractivity contribution in [1.29, 1.82) is 0 Å². The summed E-state index contributed by atoms with van der Waals surface area (Å²) in [6, 6.07) is 28.9. The predicted octanol–water partition coefficient (Wildman–Crippen LogP) is 7.75. The van der Waals surface area contributed by atoms with Crippen LogP contribution in [0.2, 0.25) is 0 Å². The van der Waals surface area contributed by atoms with Crippen LogP contribution in [0.15, 0.2) is 119 Å². The third kappa shape index (κ3) is 6.48. The molecule has 0 aliphatic heterocycles. The van der Waals surface area contributed by atoms with Gasteiger partial charge < -0.3 is 19.8 Å². The molecule has 0 fully saturated rings. The van der Waals surface area contributed by atoms with Crippen molar-refractivity contribution in [2.24, 2.45) is 0 Å². The summed E-state index contributed by atoms with van der Waals surface area (Å²) in [5, 5.41) is 6.60. The molecule has 9 nitrogen and oxygen atoms in total. The van der Waals surface area contributed by atoms with E-state index in [1.807, 2.05) is 87.7 Å². The van der Waals surface area contributed by atoms with Gasteiger partial charge in [-0.3, -0.25) is 0 Å². The van der Waals surface area contributed by atoms with Gasteiger partial charge in [-0.25, -0.2) is 23.8 Å². The number of halogens is 1. The highest BCUT2D eigenvalue weighted by molar-refractivity contribution is 5.99. The first-order valence-electron chi connectivity index (χ1n) is 16.2. The molecule has 0 saturated heterocycles. The van der Waals surface area contributed by atoms with Crippen LogP contribution in [0.5, 0.6) is 5.75 Å². The maximum Gasteiger partial charge on any atom is 0.343 e. The number of nitrogens with zero attached hydrogens (tertiary/aromatic N) is 5. The standard InChI is InChI=1S/C40H35FN6O3/c1-25(37-34(32-16-7-8-17-33(32)40(48)50-37)28-15-9-13-26(19-28)14-10-18-46(2)3)47-39-35(38(42)43-24-44-39)36(45-47)29-20-30(41)22-31(21-29)49-23-27-11-5-4-6-12-27/h4-17,19-22,24-25H,18,23H2,1-3H3,(H2,42,43,44). The van der Waals surface area contributed by atoms with Gasteiger partial charge in [-0.2, -0.15) is 5.10 Å². The molecule has 0 spiro atoms. The van der Waals surface area contributed by atoms with Crippen LogP contribution in [0.1, 0.15) is 29.9 Å². The summed E-state index contributed by atoms with van der Waals surface area (Å²) in [6.07, 6.45) is 5.52. The largest absolute Gasteiger partial charge is 0.489 e. The third-order valence-corrected chi connectivity index (χ3v) is 8.48. The Labute approximate surface area is 288 Å². The van der Waals surface area contributed by atoms with Gasteiger partial charge in [0.15, 0.2) is 5.65 Å². The fourth-order valence-corrected chi connectivity index (χ4v) is 6.11. The van der Waals surface area contributed by atoms with Crippen molar-refractivity contribution in [3.8, 4) is 28.1 Å². The first-order chi connectivity index (χ1) is 24.3. The van der Waals surface area contributed by atoms with Crippen LogP contribution >= 0.6 is 0 Å². The Balaban J connectivity index is 1.37. The molecule has 4 aromatic carbocycles. The number of ether oxygens (including phenoxy) is 1. The number of hydrogen-bond donors (Lipinski definition) is 1. The lowest BCUT2D eigenvalue weighted by Crippen LogP contribution is -2.14. The van der Waals surface area contributed by atoms with Gasteiger partial charge in [0.1, 0.15) is 47.8 Å². The monoisotopic (exact) mass is 666 g/mol. The van der Waals surface area contributed by atoms with Crippen LogP contribution in [0.25, 0.3) is 50.3 Å². The predicted molar refractivity (Wildman–Crippen MR) is 195 cm³/mol. The average molecular weight is 667 g/mol. The number of anilines is 1. The van der Waals surface area contributed by atoms with Gasteiger partial charge in [-0.15, -0.1) is 0 Å². The highest BCUT2D eigenvalue weighted by Gasteiger charge is 2.27. The Bertz CT molecular complexity index is 2420. The molecule has 0 radical (unpaired) electrons. The lowest BCUT2D eigenvalue weighted by Gasteiger charge is -2.18. The van der Waals surface area contributed by atoms with E-state index in [-0.39, 0.29) is 12.4 Å². The fourth-order valence-electron chi connectivity index (χ4n) is 6.11. The van der Waals surface area contributed by atoms with Crippen molar-refractivity contribution in [2.75, 3.05) is 26.4 Å². The summed E-state index contributed by atoms with van der Waals surface area (Å²) < 4.78 is 28.9. The van der Waals surface area contributed by atoms with Crippen molar-refractivity contribution in [2.45, 2.75) is 19.6 Å². The molecule has 0 aliphatic rings. The molecule has 1 atom stereocenters. The molecule has 10 heteroatoms.